The van der Waals surface area contributed by atoms with Crippen LogP contribution in [-0.2, 0) is 6.54 Å². The van der Waals surface area contributed by atoms with Gasteiger partial charge in [0.25, 0.3) is 0 Å². The first kappa shape index (κ1) is 15.4. The standard InChI is InChI=1S/C18H30N2/c1-4-15-5-7-16(8-6-15)13-19-14-17-9-11-18(12-10-17)20(2)3/h9-12,15-16,19H,4-8,13-14H2,1-3H3. The van der Waals surface area contributed by atoms with E-state index >= 15 is 0 Å². The van der Waals surface area contributed by atoms with Gasteiger partial charge in [-0.15, -0.1) is 0 Å². The molecule has 1 N–H and O–H groups in total. The molecule has 0 unspecified atom stereocenters. The van der Waals surface area contributed by atoms with Crippen LogP contribution >= 0.6 is 0 Å². The maximum absolute atomic E-state index is 3.64. The average molecular weight is 274 g/mol. The van der Waals surface area contributed by atoms with Crippen molar-refractivity contribution in [2.24, 2.45) is 11.8 Å². The second kappa shape index (κ2) is 7.68. The van der Waals surface area contributed by atoms with Crippen LogP contribution in [0.2, 0.25) is 0 Å². The zero-order chi connectivity index (χ0) is 14.4. The lowest BCUT2D eigenvalue weighted by Crippen LogP contribution is -2.26. The number of benzene rings is 1. The minimum absolute atomic E-state index is 0.902. The second-order valence-corrected chi connectivity index (χ2v) is 6.49. The third-order valence-corrected chi connectivity index (χ3v) is 4.76. The Labute approximate surface area is 124 Å². The lowest BCUT2D eigenvalue weighted by molar-refractivity contribution is 0.262. The molecule has 0 radical (unpaired) electrons. The van der Waals surface area contributed by atoms with Gasteiger partial charge in [-0.25, -0.2) is 0 Å². The molecular weight excluding hydrogens is 244 g/mol. The lowest BCUT2D eigenvalue weighted by Gasteiger charge is -2.28. The zero-order valence-electron chi connectivity index (χ0n) is 13.4. The SMILES string of the molecule is CCC1CCC(CNCc2ccc(N(C)C)cc2)CC1. The molecule has 0 bridgehead atoms. The number of rotatable bonds is 6. The van der Waals surface area contributed by atoms with Crippen molar-refractivity contribution < 1.29 is 0 Å². The quantitative estimate of drug-likeness (QED) is 0.841. The maximum atomic E-state index is 3.64. The summed E-state index contributed by atoms with van der Waals surface area (Å²) in [6.07, 6.45) is 7.11. The van der Waals surface area contributed by atoms with Gasteiger partial charge in [0.1, 0.15) is 0 Å². The first-order chi connectivity index (χ1) is 9.69. The lowest BCUT2D eigenvalue weighted by atomic mass is 9.81. The Morgan fingerprint density at radius 2 is 1.60 bits per heavy atom. The third-order valence-electron chi connectivity index (χ3n) is 4.76. The van der Waals surface area contributed by atoms with Crippen molar-refractivity contribution >= 4 is 5.69 Å². The van der Waals surface area contributed by atoms with Crippen molar-refractivity contribution in [2.45, 2.75) is 45.6 Å². The van der Waals surface area contributed by atoms with Gasteiger partial charge in [0.15, 0.2) is 0 Å². The van der Waals surface area contributed by atoms with Crippen LogP contribution in [0.3, 0.4) is 0 Å². The first-order valence-electron chi connectivity index (χ1n) is 8.16. The van der Waals surface area contributed by atoms with Gasteiger partial charge in [0.2, 0.25) is 0 Å². The molecule has 112 valence electrons. The van der Waals surface area contributed by atoms with Crippen molar-refractivity contribution in [1.29, 1.82) is 0 Å². The zero-order valence-corrected chi connectivity index (χ0v) is 13.4. The van der Waals surface area contributed by atoms with Crippen LogP contribution in [0.15, 0.2) is 24.3 Å². The van der Waals surface area contributed by atoms with Crippen LogP contribution in [0.25, 0.3) is 0 Å². The summed E-state index contributed by atoms with van der Waals surface area (Å²) in [6, 6.07) is 8.86. The van der Waals surface area contributed by atoms with Crippen LogP contribution in [0.4, 0.5) is 5.69 Å². The van der Waals surface area contributed by atoms with E-state index in [9.17, 15) is 0 Å². The molecule has 0 aliphatic heterocycles. The van der Waals surface area contributed by atoms with Gasteiger partial charge in [-0.3, -0.25) is 0 Å². The molecule has 0 amide bonds. The fourth-order valence-corrected chi connectivity index (χ4v) is 3.18. The molecule has 1 aromatic rings. The fraction of sp³-hybridized carbons (Fsp3) is 0.667. The molecule has 0 atom stereocenters. The minimum Gasteiger partial charge on any atom is -0.378 e. The molecule has 0 heterocycles. The Kier molecular flexibility index (Phi) is 5.90. The Morgan fingerprint density at radius 3 is 2.15 bits per heavy atom. The van der Waals surface area contributed by atoms with E-state index in [0.29, 0.717) is 0 Å². The van der Waals surface area contributed by atoms with Gasteiger partial charge in [0, 0.05) is 26.3 Å². The van der Waals surface area contributed by atoms with Crippen molar-refractivity contribution in [3.63, 3.8) is 0 Å². The van der Waals surface area contributed by atoms with Gasteiger partial charge < -0.3 is 10.2 Å². The van der Waals surface area contributed by atoms with Crippen LogP contribution < -0.4 is 10.2 Å². The van der Waals surface area contributed by atoms with Gasteiger partial charge in [-0.05, 0) is 48.9 Å². The van der Waals surface area contributed by atoms with Gasteiger partial charge >= 0.3 is 0 Å². The molecule has 2 nitrogen and oxygen atoms in total. The Balaban J connectivity index is 1.68. The summed E-state index contributed by atoms with van der Waals surface area (Å²) in [5.41, 5.74) is 2.66. The maximum Gasteiger partial charge on any atom is 0.0361 e. The molecular formula is C18H30N2. The number of hydrogen-bond acceptors (Lipinski definition) is 2. The summed E-state index contributed by atoms with van der Waals surface area (Å²) in [7, 11) is 4.17. The molecule has 1 aliphatic carbocycles. The third kappa shape index (κ3) is 4.52. The molecule has 20 heavy (non-hydrogen) atoms. The van der Waals surface area contributed by atoms with Crippen molar-refractivity contribution in [3.8, 4) is 0 Å². The molecule has 1 aromatic carbocycles. The van der Waals surface area contributed by atoms with E-state index in [0.717, 1.165) is 18.4 Å². The van der Waals surface area contributed by atoms with Crippen LogP contribution in [0, 0.1) is 11.8 Å². The van der Waals surface area contributed by atoms with Gasteiger partial charge in [-0.1, -0.05) is 38.3 Å². The molecule has 2 heteroatoms. The highest BCUT2D eigenvalue weighted by molar-refractivity contribution is 5.45. The summed E-state index contributed by atoms with van der Waals surface area (Å²) in [5.74, 6) is 1.91. The Bertz CT molecular complexity index is 375. The van der Waals surface area contributed by atoms with Crippen molar-refractivity contribution in [3.05, 3.63) is 29.8 Å². The summed E-state index contributed by atoms with van der Waals surface area (Å²) in [6.45, 7) is 4.52. The predicted molar refractivity (Wildman–Crippen MR) is 88.2 cm³/mol. The van der Waals surface area contributed by atoms with E-state index in [1.165, 1.54) is 49.9 Å². The first-order valence-corrected chi connectivity index (χ1v) is 8.16. The highest BCUT2D eigenvalue weighted by Gasteiger charge is 2.19. The number of hydrogen-bond donors (Lipinski definition) is 1. The molecule has 1 saturated carbocycles. The predicted octanol–water partition coefficient (Wildman–Crippen LogP) is 4.06. The van der Waals surface area contributed by atoms with Gasteiger partial charge in [0.05, 0.1) is 0 Å². The van der Waals surface area contributed by atoms with E-state index in [4.69, 9.17) is 0 Å². The Hall–Kier alpha value is -1.02. The normalized spacial score (nSPS) is 22.8. The molecule has 0 aromatic heterocycles. The summed E-state index contributed by atoms with van der Waals surface area (Å²) in [5, 5.41) is 3.64. The van der Waals surface area contributed by atoms with E-state index in [1.54, 1.807) is 0 Å². The summed E-state index contributed by atoms with van der Waals surface area (Å²) >= 11 is 0. The highest BCUT2D eigenvalue weighted by atomic mass is 15.1. The molecule has 2 rings (SSSR count). The topological polar surface area (TPSA) is 15.3 Å². The monoisotopic (exact) mass is 274 g/mol. The van der Waals surface area contributed by atoms with E-state index in [1.807, 2.05) is 0 Å². The van der Waals surface area contributed by atoms with E-state index in [-0.39, 0.29) is 0 Å². The molecule has 1 aliphatic rings. The Morgan fingerprint density at radius 1 is 1.00 bits per heavy atom. The van der Waals surface area contributed by atoms with Crippen LogP contribution in [-0.4, -0.2) is 20.6 Å². The average Bonchev–Trinajstić information content (AvgIpc) is 2.48. The minimum atomic E-state index is 0.902. The summed E-state index contributed by atoms with van der Waals surface area (Å²) < 4.78 is 0. The van der Waals surface area contributed by atoms with Gasteiger partial charge in [-0.2, -0.15) is 0 Å². The number of anilines is 1. The smallest absolute Gasteiger partial charge is 0.0361 e. The molecule has 0 saturated heterocycles. The van der Waals surface area contributed by atoms with E-state index in [2.05, 4.69) is 55.5 Å². The summed E-state index contributed by atoms with van der Waals surface area (Å²) in [4.78, 5) is 2.14. The highest BCUT2D eigenvalue weighted by Crippen LogP contribution is 2.30. The molecule has 1 fully saturated rings. The second-order valence-electron chi connectivity index (χ2n) is 6.49. The fourth-order valence-electron chi connectivity index (χ4n) is 3.18. The number of nitrogens with zero attached hydrogens (tertiary/aromatic N) is 1. The van der Waals surface area contributed by atoms with Crippen molar-refractivity contribution in [1.82, 2.24) is 5.32 Å². The molecule has 0 spiro atoms. The van der Waals surface area contributed by atoms with Crippen molar-refractivity contribution in [2.75, 3.05) is 25.5 Å². The van der Waals surface area contributed by atoms with Crippen LogP contribution in [0.1, 0.15) is 44.6 Å². The largest absolute Gasteiger partial charge is 0.378 e. The van der Waals surface area contributed by atoms with Crippen LogP contribution in [0.5, 0.6) is 0 Å². The number of nitrogens with one attached hydrogen (secondary N) is 1. The van der Waals surface area contributed by atoms with E-state index < -0.39 is 0 Å².